The van der Waals surface area contributed by atoms with Crippen LogP contribution in [-0.4, -0.2) is 26.7 Å². The Kier molecular flexibility index (Phi) is 2.41. The van der Waals surface area contributed by atoms with Crippen LogP contribution in [0.3, 0.4) is 0 Å². The van der Waals surface area contributed by atoms with E-state index in [2.05, 4.69) is 46.3 Å². The molecule has 0 aromatic carbocycles. The number of nitrogen functional groups attached to an aromatic ring is 1. The first-order valence-corrected chi connectivity index (χ1v) is 5.16. The van der Waals surface area contributed by atoms with E-state index in [4.69, 9.17) is 5.73 Å². The maximum absolute atomic E-state index is 5.61. The van der Waals surface area contributed by atoms with Gasteiger partial charge in [0.25, 0.3) is 0 Å². The zero-order valence-corrected chi connectivity index (χ0v) is 9.70. The lowest BCUT2D eigenvalue weighted by atomic mass is 9.97. The fourth-order valence-electron chi connectivity index (χ4n) is 1.34. The Bertz CT molecular complexity index is 495. The number of hydrogen-bond acceptors (Lipinski definition) is 5. The van der Waals surface area contributed by atoms with Gasteiger partial charge in [0.05, 0.1) is 11.6 Å². The summed E-state index contributed by atoms with van der Waals surface area (Å²) >= 11 is 0. The van der Waals surface area contributed by atoms with Crippen LogP contribution in [0.4, 0.5) is 11.8 Å². The number of nitrogens with zero attached hydrogens (tertiary/aromatic N) is 3. The van der Waals surface area contributed by atoms with Gasteiger partial charge in [-0.1, -0.05) is 20.8 Å². The largest absolute Gasteiger partial charge is 0.369 e. The van der Waals surface area contributed by atoms with Gasteiger partial charge in [0.15, 0.2) is 5.65 Å². The molecule has 0 saturated carbocycles. The Morgan fingerprint density at radius 1 is 1.38 bits per heavy atom. The zero-order valence-electron chi connectivity index (χ0n) is 9.70. The summed E-state index contributed by atoms with van der Waals surface area (Å²) < 4.78 is 0. The van der Waals surface area contributed by atoms with E-state index >= 15 is 0 Å². The highest BCUT2D eigenvalue weighted by Gasteiger charge is 2.13. The summed E-state index contributed by atoms with van der Waals surface area (Å²) in [5.74, 6) is 0.972. The van der Waals surface area contributed by atoms with Crippen LogP contribution in [0.15, 0.2) is 6.20 Å². The molecule has 0 aliphatic heterocycles. The molecule has 4 N–H and O–H groups in total. The van der Waals surface area contributed by atoms with Gasteiger partial charge in [0.1, 0.15) is 5.82 Å². The minimum absolute atomic E-state index is 0.176. The van der Waals surface area contributed by atoms with Crippen molar-refractivity contribution >= 4 is 22.8 Å². The lowest BCUT2D eigenvalue weighted by Gasteiger charge is -2.19. The Morgan fingerprint density at radius 2 is 2.12 bits per heavy atom. The first kappa shape index (κ1) is 10.7. The highest BCUT2D eigenvalue weighted by atomic mass is 15.2. The van der Waals surface area contributed by atoms with Gasteiger partial charge in [0.2, 0.25) is 5.95 Å². The second kappa shape index (κ2) is 3.62. The number of nitrogens with two attached hydrogens (primary N) is 1. The molecule has 0 radical (unpaired) electrons. The van der Waals surface area contributed by atoms with Crippen LogP contribution in [0.2, 0.25) is 0 Å². The third-order valence-corrected chi connectivity index (χ3v) is 2.11. The van der Waals surface area contributed by atoms with E-state index in [0.29, 0.717) is 5.65 Å². The molecular weight excluding hydrogens is 204 g/mol. The number of rotatable bonds is 2. The number of anilines is 2. The minimum atomic E-state index is 0.176. The van der Waals surface area contributed by atoms with E-state index < -0.39 is 0 Å². The van der Waals surface area contributed by atoms with Crippen molar-refractivity contribution < 1.29 is 0 Å². The van der Waals surface area contributed by atoms with Crippen molar-refractivity contribution in [2.24, 2.45) is 5.41 Å². The summed E-state index contributed by atoms with van der Waals surface area (Å²) in [4.78, 5) is 8.22. The monoisotopic (exact) mass is 220 g/mol. The topological polar surface area (TPSA) is 92.5 Å². The first-order chi connectivity index (χ1) is 7.46. The standard InChI is InChI=1S/C10H16N6/c1-10(2,3)5-12-7-6-4-13-16-8(6)15-9(11)14-7/h4H,5H2,1-3H3,(H4,11,12,13,14,15,16). The van der Waals surface area contributed by atoms with Gasteiger partial charge >= 0.3 is 0 Å². The molecule has 0 saturated heterocycles. The van der Waals surface area contributed by atoms with E-state index in [1.807, 2.05) is 0 Å². The lowest BCUT2D eigenvalue weighted by Crippen LogP contribution is -2.20. The lowest BCUT2D eigenvalue weighted by molar-refractivity contribution is 0.442. The summed E-state index contributed by atoms with van der Waals surface area (Å²) in [6, 6.07) is 0. The molecule has 2 rings (SSSR count). The predicted molar refractivity (Wildman–Crippen MR) is 64.0 cm³/mol. The molecule has 0 unspecified atom stereocenters. The molecule has 2 aromatic rings. The van der Waals surface area contributed by atoms with Gasteiger partial charge in [-0.15, -0.1) is 0 Å². The van der Waals surface area contributed by atoms with Gasteiger partial charge < -0.3 is 11.1 Å². The second-order valence-electron chi connectivity index (χ2n) is 4.98. The second-order valence-corrected chi connectivity index (χ2v) is 4.98. The number of hydrogen-bond donors (Lipinski definition) is 3. The molecule has 0 spiro atoms. The van der Waals surface area contributed by atoms with Crippen molar-refractivity contribution in [3.63, 3.8) is 0 Å². The number of fused-ring (bicyclic) bond motifs is 1. The molecule has 0 bridgehead atoms. The van der Waals surface area contributed by atoms with Crippen molar-refractivity contribution in [2.45, 2.75) is 20.8 Å². The Morgan fingerprint density at radius 3 is 2.81 bits per heavy atom. The third-order valence-electron chi connectivity index (χ3n) is 2.11. The Hall–Kier alpha value is -1.85. The van der Waals surface area contributed by atoms with Crippen molar-refractivity contribution in [3.05, 3.63) is 6.20 Å². The fourth-order valence-corrected chi connectivity index (χ4v) is 1.34. The third kappa shape index (κ3) is 2.21. The summed E-state index contributed by atoms with van der Waals surface area (Å²) in [6.07, 6.45) is 1.69. The van der Waals surface area contributed by atoms with E-state index in [0.717, 1.165) is 17.7 Å². The number of aromatic nitrogens is 4. The smallest absolute Gasteiger partial charge is 0.224 e. The molecule has 0 atom stereocenters. The summed E-state index contributed by atoms with van der Waals surface area (Å²) in [5.41, 5.74) is 6.45. The summed E-state index contributed by atoms with van der Waals surface area (Å²) in [7, 11) is 0. The summed E-state index contributed by atoms with van der Waals surface area (Å²) in [5, 5.41) is 10.8. The molecular formula is C10H16N6. The quantitative estimate of drug-likeness (QED) is 0.711. The SMILES string of the molecule is CC(C)(C)CNc1nc(N)nc2[nH]ncc12. The van der Waals surface area contributed by atoms with E-state index in [-0.39, 0.29) is 11.4 Å². The van der Waals surface area contributed by atoms with E-state index in [1.165, 1.54) is 0 Å². The van der Waals surface area contributed by atoms with Crippen LogP contribution in [0.5, 0.6) is 0 Å². The van der Waals surface area contributed by atoms with Crippen LogP contribution in [0.25, 0.3) is 11.0 Å². The minimum Gasteiger partial charge on any atom is -0.369 e. The molecule has 6 nitrogen and oxygen atoms in total. The Labute approximate surface area is 93.7 Å². The van der Waals surface area contributed by atoms with Crippen LogP contribution >= 0.6 is 0 Å². The molecule has 0 aliphatic rings. The summed E-state index contributed by atoms with van der Waals surface area (Å²) in [6.45, 7) is 7.26. The number of aromatic amines is 1. The molecule has 2 heterocycles. The molecule has 0 fully saturated rings. The first-order valence-electron chi connectivity index (χ1n) is 5.16. The molecule has 86 valence electrons. The van der Waals surface area contributed by atoms with Crippen molar-refractivity contribution in [2.75, 3.05) is 17.6 Å². The highest BCUT2D eigenvalue weighted by molar-refractivity contribution is 5.86. The maximum Gasteiger partial charge on any atom is 0.224 e. The molecule has 6 heteroatoms. The Balaban J connectivity index is 2.32. The van der Waals surface area contributed by atoms with E-state index in [9.17, 15) is 0 Å². The molecule has 0 aliphatic carbocycles. The van der Waals surface area contributed by atoms with Crippen LogP contribution in [0.1, 0.15) is 20.8 Å². The highest BCUT2D eigenvalue weighted by Crippen LogP contribution is 2.21. The maximum atomic E-state index is 5.61. The van der Waals surface area contributed by atoms with Crippen LogP contribution < -0.4 is 11.1 Å². The van der Waals surface area contributed by atoms with Crippen LogP contribution in [-0.2, 0) is 0 Å². The number of nitrogens with one attached hydrogen (secondary N) is 2. The van der Waals surface area contributed by atoms with Gasteiger partial charge in [-0.2, -0.15) is 15.1 Å². The zero-order chi connectivity index (χ0) is 11.8. The number of H-pyrrole nitrogens is 1. The van der Waals surface area contributed by atoms with Crippen molar-refractivity contribution in [3.8, 4) is 0 Å². The average Bonchev–Trinajstić information content (AvgIpc) is 2.60. The van der Waals surface area contributed by atoms with Gasteiger partial charge in [-0.25, -0.2) is 0 Å². The van der Waals surface area contributed by atoms with E-state index in [1.54, 1.807) is 6.20 Å². The van der Waals surface area contributed by atoms with Gasteiger partial charge in [-0.3, -0.25) is 5.10 Å². The average molecular weight is 220 g/mol. The molecule has 2 aromatic heterocycles. The molecule has 0 amide bonds. The van der Waals surface area contributed by atoms with Gasteiger partial charge in [-0.05, 0) is 5.41 Å². The van der Waals surface area contributed by atoms with Gasteiger partial charge in [0, 0.05) is 6.54 Å². The van der Waals surface area contributed by atoms with Crippen molar-refractivity contribution in [1.29, 1.82) is 0 Å². The normalized spacial score (nSPS) is 11.9. The fraction of sp³-hybridized carbons (Fsp3) is 0.500. The van der Waals surface area contributed by atoms with Crippen molar-refractivity contribution in [1.82, 2.24) is 20.2 Å². The van der Waals surface area contributed by atoms with Crippen LogP contribution in [0, 0.1) is 5.41 Å². The predicted octanol–water partition coefficient (Wildman–Crippen LogP) is 1.39. The molecule has 16 heavy (non-hydrogen) atoms.